The summed E-state index contributed by atoms with van der Waals surface area (Å²) in [6, 6.07) is 3.52. The van der Waals surface area contributed by atoms with Crippen LogP contribution in [-0.4, -0.2) is 34.7 Å². The van der Waals surface area contributed by atoms with E-state index in [1.807, 2.05) is 20.8 Å². The number of pyridine rings is 1. The summed E-state index contributed by atoms with van der Waals surface area (Å²) < 4.78 is 19.0. The number of rotatable bonds is 1. The van der Waals surface area contributed by atoms with Crippen LogP contribution in [0.25, 0.3) is 0 Å². The average Bonchev–Trinajstić information content (AvgIpc) is 2.37. The smallest absolute Gasteiger partial charge is 0.410 e. The molecule has 2 rings (SSSR count). The molecule has 1 aromatic rings. The normalized spacial score (nSPS) is 17.1. The van der Waals surface area contributed by atoms with E-state index in [2.05, 4.69) is 4.98 Å². The molecule has 1 aliphatic rings. The zero-order valence-electron chi connectivity index (χ0n) is 12.2. The number of carbonyl (C=O) groups excluding carboxylic acids is 1. The van der Waals surface area contributed by atoms with Gasteiger partial charge in [0.2, 0.25) is 5.95 Å². The number of amides is 1. The standard InChI is InChI=1S/C15H21FN2O2/c1-15(2,3)20-14(19)18-9-6-11(7-10-18)12-5-4-8-17-13(12)16/h4-5,8,11H,6-7,9-10H2,1-3H3. The quantitative estimate of drug-likeness (QED) is 0.741. The van der Waals surface area contributed by atoms with E-state index in [0.29, 0.717) is 18.7 Å². The van der Waals surface area contributed by atoms with Crippen molar-refractivity contribution < 1.29 is 13.9 Å². The van der Waals surface area contributed by atoms with Crippen molar-refractivity contribution in [3.63, 3.8) is 0 Å². The number of halogens is 1. The molecule has 1 aliphatic heterocycles. The predicted molar refractivity (Wildman–Crippen MR) is 74.0 cm³/mol. The molecule has 0 bridgehead atoms. The zero-order chi connectivity index (χ0) is 14.8. The van der Waals surface area contributed by atoms with Gasteiger partial charge in [0.15, 0.2) is 0 Å². The summed E-state index contributed by atoms with van der Waals surface area (Å²) in [5.74, 6) is -0.273. The molecule has 0 aliphatic carbocycles. The van der Waals surface area contributed by atoms with Gasteiger partial charge >= 0.3 is 6.09 Å². The fourth-order valence-electron chi connectivity index (χ4n) is 2.40. The van der Waals surface area contributed by atoms with E-state index in [1.54, 1.807) is 17.0 Å². The maximum absolute atomic E-state index is 13.6. The fraction of sp³-hybridized carbons (Fsp3) is 0.600. The summed E-state index contributed by atoms with van der Waals surface area (Å²) in [6.45, 7) is 6.73. The zero-order valence-corrected chi connectivity index (χ0v) is 12.2. The number of carbonyl (C=O) groups is 1. The van der Waals surface area contributed by atoms with Gasteiger partial charge in [-0.25, -0.2) is 9.78 Å². The van der Waals surface area contributed by atoms with Crippen LogP contribution in [0, 0.1) is 5.95 Å². The number of hydrogen-bond acceptors (Lipinski definition) is 3. The highest BCUT2D eigenvalue weighted by molar-refractivity contribution is 5.68. The molecular formula is C15H21FN2O2. The first-order valence-corrected chi connectivity index (χ1v) is 6.95. The van der Waals surface area contributed by atoms with Crippen molar-refractivity contribution in [3.8, 4) is 0 Å². The minimum absolute atomic E-state index is 0.127. The van der Waals surface area contributed by atoms with Gasteiger partial charge in [-0.1, -0.05) is 6.07 Å². The Balaban J connectivity index is 1.93. The SMILES string of the molecule is CC(C)(C)OC(=O)N1CCC(c2cccnc2F)CC1. The van der Waals surface area contributed by atoms with Crippen molar-refractivity contribution in [1.82, 2.24) is 9.88 Å². The van der Waals surface area contributed by atoms with Gasteiger partial charge in [0.25, 0.3) is 0 Å². The average molecular weight is 280 g/mol. The van der Waals surface area contributed by atoms with Crippen molar-refractivity contribution in [3.05, 3.63) is 29.8 Å². The molecule has 0 atom stereocenters. The summed E-state index contributed by atoms with van der Waals surface area (Å²) in [5, 5.41) is 0. The molecule has 0 unspecified atom stereocenters. The molecule has 0 spiro atoms. The molecule has 0 aromatic carbocycles. The number of aromatic nitrogens is 1. The van der Waals surface area contributed by atoms with E-state index in [1.165, 1.54) is 6.20 Å². The highest BCUT2D eigenvalue weighted by Crippen LogP contribution is 2.29. The van der Waals surface area contributed by atoms with Gasteiger partial charge in [-0.15, -0.1) is 0 Å². The molecule has 5 heteroatoms. The van der Waals surface area contributed by atoms with Crippen LogP contribution in [0.3, 0.4) is 0 Å². The van der Waals surface area contributed by atoms with Crippen LogP contribution in [-0.2, 0) is 4.74 Å². The van der Waals surface area contributed by atoms with Crippen LogP contribution in [0.1, 0.15) is 45.1 Å². The van der Waals surface area contributed by atoms with Crippen LogP contribution in [0.2, 0.25) is 0 Å². The summed E-state index contributed by atoms with van der Waals surface area (Å²) in [7, 11) is 0. The van der Waals surface area contributed by atoms with E-state index in [4.69, 9.17) is 4.74 Å². The van der Waals surface area contributed by atoms with Gasteiger partial charge in [0.05, 0.1) is 0 Å². The van der Waals surface area contributed by atoms with E-state index >= 15 is 0 Å². The first-order valence-electron chi connectivity index (χ1n) is 6.95. The number of nitrogens with zero attached hydrogens (tertiary/aromatic N) is 2. The first kappa shape index (κ1) is 14.8. The molecule has 4 nitrogen and oxygen atoms in total. The Hall–Kier alpha value is -1.65. The van der Waals surface area contributed by atoms with Gasteiger partial charge in [-0.2, -0.15) is 4.39 Å². The Morgan fingerprint density at radius 3 is 2.60 bits per heavy atom. The van der Waals surface area contributed by atoms with Crippen LogP contribution in [0.5, 0.6) is 0 Å². The van der Waals surface area contributed by atoms with Crippen LogP contribution in [0.4, 0.5) is 9.18 Å². The molecule has 1 fully saturated rings. The van der Waals surface area contributed by atoms with Crippen molar-refractivity contribution in [1.29, 1.82) is 0 Å². The van der Waals surface area contributed by atoms with Crippen molar-refractivity contribution >= 4 is 6.09 Å². The third kappa shape index (κ3) is 3.68. The summed E-state index contributed by atoms with van der Waals surface area (Å²) in [4.78, 5) is 17.3. The lowest BCUT2D eigenvalue weighted by molar-refractivity contribution is 0.0204. The van der Waals surface area contributed by atoms with Gasteiger partial charge < -0.3 is 9.64 Å². The Morgan fingerprint density at radius 2 is 2.05 bits per heavy atom. The summed E-state index contributed by atoms with van der Waals surface area (Å²) in [5.41, 5.74) is 0.167. The maximum atomic E-state index is 13.6. The summed E-state index contributed by atoms with van der Waals surface area (Å²) in [6.07, 6.45) is 2.64. The Morgan fingerprint density at radius 1 is 1.40 bits per heavy atom. The second-order valence-electron chi connectivity index (χ2n) is 6.13. The van der Waals surface area contributed by atoms with Crippen LogP contribution >= 0.6 is 0 Å². The van der Waals surface area contributed by atoms with Gasteiger partial charge in [-0.3, -0.25) is 0 Å². The number of hydrogen-bond donors (Lipinski definition) is 0. The lowest BCUT2D eigenvalue weighted by Crippen LogP contribution is -2.41. The lowest BCUT2D eigenvalue weighted by Gasteiger charge is -2.33. The molecule has 20 heavy (non-hydrogen) atoms. The molecule has 0 radical (unpaired) electrons. The monoisotopic (exact) mass is 280 g/mol. The van der Waals surface area contributed by atoms with Crippen molar-refractivity contribution in [2.75, 3.05) is 13.1 Å². The second kappa shape index (κ2) is 5.77. The molecule has 0 N–H and O–H groups in total. The predicted octanol–water partition coefficient (Wildman–Crippen LogP) is 3.34. The molecular weight excluding hydrogens is 259 g/mol. The van der Waals surface area contributed by atoms with E-state index < -0.39 is 11.5 Å². The molecule has 110 valence electrons. The van der Waals surface area contributed by atoms with E-state index in [0.717, 1.165) is 12.8 Å². The minimum Gasteiger partial charge on any atom is -0.444 e. The highest BCUT2D eigenvalue weighted by atomic mass is 19.1. The third-order valence-electron chi connectivity index (χ3n) is 3.37. The first-order chi connectivity index (χ1) is 9.37. The summed E-state index contributed by atoms with van der Waals surface area (Å²) >= 11 is 0. The molecule has 2 heterocycles. The topological polar surface area (TPSA) is 42.4 Å². The molecule has 1 amide bonds. The lowest BCUT2D eigenvalue weighted by atomic mass is 9.90. The second-order valence-corrected chi connectivity index (χ2v) is 6.13. The Bertz CT molecular complexity index is 477. The number of likely N-dealkylation sites (tertiary alicyclic amines) is 1. The molecule has 0 saturated carbocycles. The van der Waals surface area contributed by atoms with Gasteiger partial charge in [0.1, 0.15) is 5.60 Å². The third-order valence-corrected chi connectivity index (χ3v) is 3.37. The molecule has 1 saturated heterocycles. The van der Waals surface area contributed by atoms with Crippen LogP contribution < -0.4 is 0 Å². The van der Waals surface area contributed by atoms with Crippen molar-refractivity contribution in [2.45, 2.75) is 45.1 Å². The molecule has 1 aromatic heterocycles. The van der Waals surface area contributed by atoms with E-state index in [9.17, 15) is 9.18 Å². The fourth-order valence-corrected chi connectivity index (χ4v) is 2.40. The number of piperidine rings is 1. The van der Waals surface area contributed by atoms with Crippen molar-refractivity contribution in [2.24, 2.45) is 0 Å². The highest BCUT2D eigenvalue weighted by Gasteiger charge is 2.28. The van der Waals surface area contributed by atoms with Gasteiger partial charge in [-0.05, 0) is 45.6 Å². The van der Waals surface area contributed by atoms with E-state index in [-0.39, 0.29) is 12.0 Å². The Labute approximate surface area is 118 Å². The van der Waals surface area contributed by atoms with Crippen LogP contribution in [0.15, 0.2) is 18.3 Å². The minimum atomic E-state index is -0.483. The van der Waals surface area contributed by atoms with Gasteiger partial charge in [0, 0.05) is 24.8 Å². The number of ether oxygens (including phenoxy) is 1. The Kier molecular flexibility index (Phi) is 4.26. The maximum Gasteiger partial charge on any atom is 0.410 e. The largest absolute Gasteiger partial charge is 0.444 e.